The molecule has 0 saturated heterocycles. The van der Waals surface area contributed by atoms with E-state index in [0.29, 0.717) is 5.69 Å². The third-order valence-corrected chi connectivity index (χ3v) is 4.18. The quantitative estimate of drug-likeness (QED) is 0.890. The summed E-state index contributed by atoms with van der Waals surface area (Å²) in [5, 5.41) is 11.8. The van der Waals surface area contributed by atoms with Gasteiger partial charge in [-0.05, 0) is 36.5 Å². The van der Waals surface area contributed by atoms with Gasteiger partial charge in [0.1, 0.15) is 11.9 Å². The highest BCUT2D eigenvalue weighted by Crippen LogP contribution is 2.41. The van der Waals surface area contributed by atoms with Crippen molar-refractivity contribution in [2.45, 2.75) is 39.5 Å². The number of hydrogen-bond donors (Lipinski definition) is 1. The number of halogens is 1. The van der Waals surface area contributed by atoms with Crippen LogP contribution in [0.2, 0.25) is 0 Å². The number of rotatable bonds is 2. The predicted octanol–water partition coefficient (Wildman–Crippen LogP) is 3.85. The zero-order valence-electron chi connectivity index (χ0n) is 11.9. The van der Waals surface area contributed by atoms with Gasteiger partial charge in [-0.25, -0.2) is 4.39 Å². The van der Waals surface area contributed by atoms with Crippen molar-refractivity contribution in [1.29, 1.82) is 5.26 Å². The van der Waals surface area contributed by atoms with E-state index in [1.807, 2.05) is 6.07 Å². The molecule has 1 atom stereocenters. The first-order chi connectivity index (χ1) is 9.44. The molecule has 0 heterocycles. The molecule has 4 heteroatoms. The molecule has 1 N–H and O–H groups in total. The van der Waals surface area contributed by atoms with E-state index in [1.165, 1.54) is 12.1 Å². The summed E-state index contributed by atoms with van der Waals surface area (Å²) < 4.78 is 13.1. The number of carbonyl (C=O) groups excluding carboxylic acids is 1. The second-order valence-electron chi connectivity index (χ2n) is 6.08. The number of carbonyl (C=O) groups is 1. The second-order valence-corrected chi connectivity index (χ2v) is 6.08. The first-order valence-electron chi connectivity index (χ1n) is 6.94. The summed E-state index contributed by atoms with van der Waals surface area (Å²) in [4.78, 5) is 12.4. The van der Waals surface area contributed by atoms with Gasteiger partial charge in [0.2, 0.25) is 5.91 Å². The Bertz CT molecular complexity index is 560. The van der Waals surface area contributed by atoms with Crippen LogP contribution in [-0.4, -0.2) is 5.91 Å². The van der Waals surface area contributed by atoms with Gasteiger partial charge >= 0.3 is 0 Å². The van der Waals surface area contributed by atoms with E-state index in [4.69, 9.17) is 5.26 Å². The maximum Gasteiger partial charge on any atom is 0.228 e. The molecule has 1 unspecified atom stereocenters. The van der Waals surface area contributed by atoms with Gasteiger partial charge in [-0.3, -0.25) is 4.79 Å². The van der Waals surface area contributed by atoms with Crippen LogP contribution in [0, 0.1) is 28.5 Å². The largest absolute Gasteiger partial charge is 0.325 e. The molecular weight excluding hydrogens is 255 g/mol. The Morgan fingerprint density at radius 1 is 1.45 bits per heavy atom. The summed E-state index contributed by atoms with van der Waals surface area (Å²) in [5.74, 6) is -0.608. The number of nitriles is 1. The number of nitrogens with zero attached hydrogens (tertiary/aromatic N) is 1. The highest BCUT2D eigenvalue weighted by Gasteiger charge is 2.37. The van der Waals surface area contributed by atoms with Gasteiger partial charge in [0.15, 0.2) is 0 Å². The second kappa shape index (κ2) is 5.62. The van der Waals surface area contributed by atoms with Crippen LogP contribution in [0.15, 0.2) is 18.2 Å². The zero-order valence-corrected chi connectivity index (χ0v) is 11.9. The summed E-state index contributed by atoms with van der Waals surface area (Å²) in [6.07, 6.45) is 4.09. The van der Waals surface area contributed by atoms with Crippen LogP contribution >= 0.6 is 0 Å². The van der Waals surface area contributed by atoms with Crippen molar-refractivity contribution >= 4 is 11.6 Å². The van der Waals surface area contributed by atoms with Crippen molar-refractivity contribution in [2.24, 2.45) is 11.3 Å². The Labute approximate surface area is 118 Å². The third-order valence-electron chi connectivity index (χ3n) is 4.18. The fourth-order valence-electron chi connectivity index (χ4n) is 2.92. The standard InChI is InChI=1S/C16H19FN2O/c1-16(2)8-4-3-5-13(16)15(20)19-14-7-6-12(17)9-11(14)10-18/h6-7,9,13H,3-5,8H2,1-2H3,(H,19,20). The average molecular weight is 274 g/mol. The molecule has 20 heavy (non-hydrogen) atoms. The summed E-state index contributed by atoms with van der Waals surface area (Å²) in [5.41, 5.74) is 0.516. The lowest BCUT2D eigenvalue weighted by Crippen LogP contribution is -2.37. The monoisotopic (exact) mass is 274 g/mol. The molecule has 1 aromatic carbocycles. The number of amides is 1. The van der Waals surface area contributed by atoms with Crippen molar-refractivity contribution in [1.82, 2.24) is 0 Å². The lowest BCUT2D eigenvalue weighted by Gasteiger charge is -2.37. The van der Waals surface area contributed by atoms with E-state index >= 15 is 0 Å². The molecule has 0 radical (unpaired) electrons. The van der Waals surface area contributed by atoms with Crippen LogP contribution < -0.4 is 5.32 Å². The van der Waals surface area contributed by atoms with Crippen LogP contribution in [0.5, 0.6) is 0 Å². The average Bonchev–Trinajstić information content (AvgIpc) is 2.40. The van der Waals surface area contributed by atoms with Crippen LogP contribution in [0.25, 0.3) is 0 Å². The minimum absolute atomic E-state index is 0.0326. The van der Waals surface area contributed by atoms with Crippen molar-refractivity contribution < 1.29 is 9.18 Å². The van der Waals surface area contributed by atoms with Crippen molar-refractivity contribution in [3.8, 4) is 6.07 Å². The first-order valence-corrected chi connectivity index (χ1v) is 6.94. The molecule has 0 aliphatic heterocycles. The Morgan fingerprint density at radius 2 is 2.20 bits per heavy atom. The molecule has 106 valence electrons. The molecule has 1 aliphatic carbocycles. The van der Waals surface area contributed by atoms with E-state index < -0.39 is 5.82 Å². The smallest absolute Gasteiger partial charge is 0.228 e. The minimum Gasteiger partial charge on any atom is -0.325 e. The van der Waals surface area contributed by atoms with Crippen LogP contribution in [0.1, 0.15) is 45.1 Å². The first kappa shape index (κ1) is 14.5. The molecule has 1 amide bonds. The van der Waals surface area contributed by atoms with E-state index in [0.717, 1.165) is 31.7 Å². The van der Waals surface area contributed by atoms with Gasteiger partial charge in [-0.2, -0.15) is 5.26 Å². The van der Waals surface area contributed by atoms with E-state index in [-0.39, 0.29) is 22.8 Å². The van der Waals surface area contributed by atoms with Gasteiger partial charge in [-0.15, -0.1) is 0 Å². The van der Waals surface area contributed by atoms with Gasteiger partial charge in [0.25, 0.3) is 0 Å². The third kappa shape index (κ3) is 2.98. The fraction of sp³-hybridized carbons (Fsp3) is 0.500. The highest BCUT2D eigenvalue weighted by atomic mass is 19.1. The van der Waals surface area contributed by atoms with Crippen molar-refractivity contribution in [2.75, 3.05) is 5.32 Å². The highest BCUT2D eigenvalue weighted by molar-refractivity contribution is 5.94. The normalized spacial score (nSPS) is 21.0. The molecule has 1 aromatic rings. The lowest BCUT2D eigenvalue weighted by molar-refractivity contribution is -0.124. The molecule has 0 bridgehead atoms. The molecule has 3 nitrogen and oxygen atoms in total. The molecule has 1 aliphatic rings. The van der Waals surface area contributed by atoms with Crippen LogP contribution in [0.3, 0.4) is 0 Å². The maximum atomic E-state index is 13.1. The summed E-state index contributed by atoms with van der Waals surface area (Å²) in [7, 11) is 0. The Kier molecular flexibility index (Phi) is 4.08. The number of anilines is 1. The number of hydrogen-bond acceptors (Lipinski definition) is 2. The molecule has 2 rings (SSSR count). The lowest BCUT2D eigenvalue weighted by atomic mass is 9.68. The van der Waals surface area contributed by atoms with Crippen molar-refractivity contribution in [3.05, 3.63) is 29.6 Å². The molecule has 0 spiro atoms. The topological polar surface area (TPSA) is 52.9 Å². The Morgan fingerprint density at radius 3 is 2.85 bits per heavy atom. The van der Waals surface area contributed by atoms with E-state index in [1.54, 1.807) is 0 Å². The van der Waals surface area contributed by atoms with E-state index in [9.17, 15) is 9.18 Å². The minimum atomic E-state index is -0.474. The van der Waals surface area contributed by atoms with Gasteiger partial charge < -0.3 is 5.32 Å². The van der Waals surface area contributed by atoms with E-state index in [2.05, 4.69) is 19.2 Å². The molecule has 0 aromatic heterocycles. The maximum absolute atomic E-state index is 13.1. The summed E-state index contributed by atoms with van der Waals surface area (Å²) >= 11 is 0. The fourth-order valence-corrected chi connectivity index (χ4v) is 2.92. The van der Waals surface area contributed by atoms with Gasteiger partial charge in [0, 0.05) is 5.92 Å². The van der Waals surface area contributed by atoms with Crippen LogP contribution in [-0.2, 0) is 4.79 Å². The van der Waals surface area contributed by atoms with Gasteiger partial charge in [-0.1, -0.05) is 26.7 Å². The Balaban J connectivity index is 2.18. The number of benzene rings is 1. The Hall–Kier alpha value is -1.89. The predicted molar refractivity (Wildman–Crippen MR) is 75.5 cm³/mol. The van der Waals surface area contributed by atoms with Gasteiger partial charge in [0.05, 0.1) is 11.3 Å². The van der Waals surface area contributed by atoms with Crippen molar-refractivity contribution in [3.63, 3.8) is 0 Å². The summed E-state index contributed by atoms with van der Waals surface area (Å²) in [6.45, 7) is 4.21. The number of nitrogens with one attached hydrogen (secondary N) is 1. The summed E-state index contributed by atoms with van der Waals surface area (Å²) in [6, 6.07) is 5.75. The SMILES string of the molecule is CC1(C)CCCCC1C(=O)Nc1ccc(F)cc1C#N. The molecular formula is C16H19FN2O. The zero-order chi connectivity index (χ0) is 14.8. The molecule has 1 fully saturated rings. The molecule has 1 saturated carbocycles. The van der Waals surface area contributed by atoms with Crippen LogP contribution in [0.4, 0.5) is 10.1 Å².